The molecule has 3 aromatic rings. The van der Waals surface area contributed by atoms with Gasteiger partial charge in [0.2, 0.25) is 0 Å². The van der Waals surface area contributed by atoms with E-state index in [2.05, 4.69) is 4.98 Å². The van der Waals surface area contributed by atoms with Crippen LogP contribution in [0, 0.1) is 0 Å². The summed E-state index contributed by atoms with van der Waals surface area (Å²) >= 11 is 0. The minimum Gasteiger partial charge on any atom is -0.497 e. The fourth-order valence-electron chi connectivity index (χ4n) is 2.82. The molecule has 0 saturated heterocycles. The summed E-state index contributed by atoms with van der Waals surface area (Å²) < 4.78 is 5.14. The van der Waals surface area contributed by atoms with Crippen LogP contribution >= 0.6 is 0 Å². The van der Waals surface area contributed by atoms with Gasteiger partial charge in [-0.25, -0.2) is 4.79 Å². The molecule has 0 bridgehead atoms. The van der Waals surface area contributed by atoms with E-state index in [1.807, 2.05) is 0 Å². The monoisotopic (exact) mass is 348 g/mol. The molecule has 7 nitrogen and oxygen atoms in total. The lowest BCUT2D eigenvalue weighted by Gasteiger charge is -2.13. The first-order valence-corrected chi connectivity index (χ1v) is 7.73. The molecule has 0 fully saturated rings. The van der Waals surface area contributed by atoms with E-state index in [1.165, 1.54) is 31.5 Å². The maximum atomic E-state index is 12.6. The molecular weight excluding hydrogens is 336 g/mol. The number of nitrogens with zero attached hydrogens (tertiary/aromatic N) is 2. The molecule has 0 spiro atoms. The van der Waals surface area contributed by atoms with Crippen molar-refractivity contribution in [3.8, 4) is 5.75 Å². The molecule has 4 rings (SSSR count). The van der Waals surface area contributed by atoms with Crippen LogP contribution < -0.4 is 4.74 Å². The topological polar surface area (TPSA) is 85.8 Å². The summed E-state index contributed by atoms with van der Waals surface area (Å²) in [5, 5.41) is 1.01. The minimum atomic E-state index is -0.822. The number of hydroxylamine groups is 2. The average molecular weight is 348 g/mol. The van der Waals surface area contributed by atoms with Crippen molar-refractivity contribution in [1.29, 1.82) is 0 Å². The maximum absolute atomic E-state index is 12.6. The second kappa shape index (κ2) is 5.96. The molecule has 7 heteroatoms. The minimum absolute atomic E-state index is 0.189. The van der Waals surface area contributed by atoms with E-state index in [4.69, 9.17) is 9.57 Å². The molecule has 0 atom stereocenters. The molecule has 0 saturated carbocycles. The summed E-state index contributed by atoms with van der Waals surface area (Å²) in [7, 11) is 1.53. The van der Waals surface area contributed by atoms with Crippen molar-refractivity contribution in [2.45, 2.75) is 0 Å². The lowest BCUT2D eigenvalue weighted by molar-refractivity contribution is -0.0583. The Kier molecular flexibility index (Phi) is 3.62. The number of aromatic nitrogens is 1. The number of ether oxygens (including phenoxy) is 1. The molecule has 2 aromatic carbocycles. The van der Waals surface area contributed by atoms with Crippen molar-refractivity contribution < 1.29 is 24.0 Å². The fraction of sp³-hybridized carbons (Fsp3) is 0.0526. The third-order valence-electron chi connectivity index (χ3n) is 4.10. The lowest BCUT2D eigenvalue weighted by Crippen LogP contribution is -2.32. The predicted molar refractivity (Wildman–Crippen MR) is 90.7 cm³/mol. The number of methoxy groups -OCH3 is 1. The molecule has 1 aromatic heterocycles. The summed E-state index contributed by atoms with van der Waals surface area (Å²) in [5.41, 5.74) is 1.12. The van der Waals surface area contributed by atoms with E-state index in [0.29, 0.717) is 21.7 Å². The number of fused-ring (bicyclic) bond motifs is 2. The van der Waals surface area contributed by atoms with Crippen molar-refractivity contribution >= 4 is 28.7 Å². The Morgan fingerprint density at radius 3 is 2.35 bits per heavy atom. The number of amides is 2. The quantitative estimate of drug-likeness (QED) is 0.676. The largest absolute Gasteiger partial charge is 0.497 e. The molecule has 1 aliphatic heterocycles. The van der Waals surface area contributed by atoms with Crippen molar-refractivity contribution in [3.05, 3.63) is 71.4 Å². The third-order valence-corrected chi connectivity index (χ3v) is 4.10. The zero-order chi connectivity index (χ0) is 18.3. The fourth-order valence-corrected chi connectivity index (χ4v) is 2.82. The Hall–Kier alpha value is -3.74. The van der Waals surface area contributed by atoms with E-state index in [0.717, 1.165) is 0 Å². The van der Waals surface area contributed by atoms with Crippen molar-refractivity contribution in [3.63, 3.8) is 0 Å². The van der Waals surface area contributed by atoms with E-state index in [-0.39, 0.29) is 16.7 Å². The van der Waals surface area contributed by atoms with Gasteiger partial charge in [0.15, 0.2) is 0 Å². The number of rotatable bonds is 3. The molecule has 0 unspecified atom stereocenters. The smallest absolute Gasteiger partial charge is 0.364 e. The second-order valence-electron chi connectivity index (χ2n) is 5.57. The van der Waals surface area contributed by atoms with Crippen LogP contribution in [0.3, 0.4) is 0 Å². The lowest BCUT2D eigenvalue weighted by atomic mass is 10.1. The van der Waals surface area contributed by atoms with Gasteiger partial charge >= 0.3 is 5.97 Å². The van der Waals surface area contributed by atoms with Gasteiger partial charge in [-0.1, -0.05) is 17.2 Å². The highest BCUT2D eigenvalue weighted by Crippen LogP contribution is 2.26. The van der Waals surface area contributed by atoms with Gasteiger partial charge in [0.25, 0.3) is 11.8 Å². The van der Waals surface area contributed by atoms with Gasteiger partial charge in [0.05, 0.1) is 29.3 Å². The van der Waals surface area contributed by atoms with Gasteiger partial charge in [-0.3, -0.25) is 14.6 Å². The van der Waals surface area contributed by atoms with Crippen molar-refractivity contribution in [1.82, 2.24) is 10.0 Å². The molecular formula is C19H12N2O5. The van der Waals surface area contributed by atoms with E-state index >= 15 is 0 Å². The zero-order valence-corrected chi connectivity index (χ0v) is 13.6. The second-order valence-corrected chi connectivity index (χ2v) is 5.57. The number of pyridine rings is 1. The Morgan fingerprint density at radius 2 is 1.69 bits per heavy atom. The highest BCUT2D eigenvalue weighted by atomic mass is 16.7. The Morgan fingerprint density at radius 1 is 1.00 bits per heavy atom. The zero-order valence-electron chi connectivity index (χ0n) is 13.6. The first-order chi connectivity index (χ1) is 12.6. The molecule has 2 heterocycles. The van der Waals surface area contributed by atoms with Crippen LogP contribution in [0.5, 0.6) is 5.75 Å². The molecule has 0 aliphatic carbocycles. The number of benzene rings is 2. The Bertz CT molecular complexity index is 1040. The number of imide groups is 1. The first-order valence-electron chi connectivity index (χ1n) is 7.73. The summed E-state index contributed by atoms with van der Waals surface area (Å²) in [6.07, 6.45) is 1.45. The summed E-state index contributed by atoms with van der Waals surface area (Å²) in [6.45, 7) is 0. The van der Waals surface area contributed by atoms with Crippen LogP contribution in [0.2, 0.25) is 0 Å². The van der Waals surface area contributed by atoms with Gasteiger partial charge in [0.1, 0.15) is 5.75 Å². The van der Waals surface area contributed by atoms with Gasteiger partial charge in [-0.15, -0.1) is 0 Å². The summed E-state index contributed by atoms with van der Waals surface area (Å²) in [4.78, 5) is 46.5. The number of carbonyl (C=O) groups is 3. The van der Waals surface area contributed by atoms with Gasteiger partial charge < -0.3 is 9.57 Å². The van der Waals surface area contributed by atoms with Crippen LogP contribution in [0.1, 0.15) is 31.1 Å². The average Bonchev–Trinajstić information content (AvgIpc) is 2.92. The van der Waals surface area contributed by atoms with Gasteiger partial charge in [-0.05, 0) is 30.3 Å². The van der Waals surface area contributed by atoms with Crippen LogP contribution in [0.4, 0.5) is 0 Å². The van der Waals surface area contributed by atoms with E-state index in [1.54, 1.807) is 30.3 Å². The van der Waals surface area contributed by atoms with Crippen LogP contribution in [0.25, 0.3) is 10.9 Å². The predicted octanol–water partition coefficient (Wildman–Crippen LogP) is 2.61. The summed E-state index contributed by atoms with van der Waals surface area (Å²) in [5.74, 6) is -1.56. The standard InChI is InChI=1S/C19H12N2O5/c1-25-11-6-7-12-15(8-9-20-16(12)10-11)19(24)26-21-17(22)13-4-2-3-5-14(13)18(21)23/h2-10H,1H3. The Balaban J connectivity index is 1.67. The molecule has 0 radical (unpaired) electrons. The molecule has 1 aliphatic rings. The number of carbonyl (C=O) groups excluding carboxylic acids is 3. The molecule has 128 valence electrons. The number of hydrogen-bond acceptors (Lipinski definition) is 6. The third kappa shape index (κ3) is 2.37. The van der Waals surface area contributed by atoms with Crippen LogP contribution in [-0.2, 0) is 4.84 Å². The molecule has 2 amide bonds. The summed E-state index contributed by atoms with van der Waals surface area (Å²) in [6, 6.07) is 12.8. The Labute approximate surface area is 147 Å². The maximum Gasteiger partial charge on any atom is 0.364 e. The highest BCUT2D eigenvalue weighted by molar-refractivity contribution is 6.21. The van der Waals surface area contributed by atoms with Crippen molar-refractivity contribution in [2.75, 3.05) is 7.11 Å². The normalized spacial score (nSPS) is 13.0. The first kappa shape index (κ1) is 15.8. The van der Waals surface area contributed by atoms with E-state index in [9.17, 15) is 14.4 Å². The van der Waals surface area contributed by atoms with Crippen LogP contribution in [0.15, 0.2) is 54.7 Å². The van der Waals surface area contributed by atoms with Gasteiger partial charge in [0, 0.05) is 17.6 Å². The van der Waals surface area contributed by atoms with Crippen molar-refractivity contribution in [2.24, 2.45) is 0 Å². The molecule has 0 N–H and O–H groups in total. The van der Waals surface area contributed by atoms with Crippen LogP contribution in [-0.4, -0.2) is 34.9 Å². The number of hydrogen-bond donors (Lipinski definition) is 0. The SMILES string of the molecule is COc1ccc2c(C(=O)ON3C(=O)c4ccccc4C3=O)ccnc2c1. The highest BCUT2D eigenvalue weighted by Gasteiger charge is 2.38. The molecule has 26 heavy (non-hydrogen) atoms. The van der Waals surface area contributed by atoms with Gasteiger partial charge in [-0.2, -0.15) is 0 Å². The van der Waals surface area contributed by atoms with E-state index < -0.39 is 17.8 Å².